The maximum atomic E-state index is 13.5. The van der Waals surface area contributed by atoms with Crippen molar-refractivity contribution >= 4 is 50.7 Å². The molecule has 0 bridgehead atoms. The zero-order valence-electron chi connectivity index (χ0n) is 20.2. The standard InChI is InChI=1S/C24H31Cl2N3O4S/c1-15(2)27-24(31)18(5)28(13-19-7-8-21(25)22(26)12-19)23(30)14-29(34(6,32)33)20-10-16(3)9-17(4)11-20/h7-12,15,18H,13-14H2,1-6H3,(H,27,31). The van der Waals surface area contributed by atoms with Gasteiger partial charge in [-0.2, -0.15) is 0 Å². The highest BCUT2D eigenvalue weighted by atomic mass is 35.5. The number of carbonyl (C=O) groups excluding carboxylic acids is 2. The normalized spacial score (nSPS) is 12.4. The topological polar surface area (TPSA) is 86.8 Å². The minimum Gasteiger partial charge on any atom is -0.352 e. The Morgan fingerprint density at radius 1 is 0.971 bits per heavy atom. The number of amides is 2. The maximum absolute atomic E-state index is 13.5. The van der Waals surface area contributed by atoms with Crippen LogP contribution in [0.2, 0.25) is 10.0 Å². The fourth-order valence-electron chi connectivity index (χ4n) is 3.53. The molecular weight excluding hydrogens is 497 g/mol. The van der Waals surface area contributed by atoms with E-state index in [9.17, 15) is 18.0 Å². The molecule has 2 rings (SSSR count). The van der Waals surface area contributed by atoms with Gasteiger partial charge in [0.05, 0.1) is 22.0 Å². The molecule has 0 spiro atoms. The molecule has 2 amide bonds. The average molecular weight is 529 g/mol. The summed E-state index contributed by atoms with van der Waals surface area (Å²) in [5, 5.41) is 3.49. The van der Waals surface area contributed by atoms with Gasteiger partial charge in [-0.25, -0.2) is 8.42 Å². The fraction of sp³-hybridized carbons (Fsp3) is 0.417. The molecule has 0 saturated heterocycles. The van der Waals surface area contributed by atoms with Crippen molar-refractivity contribution in [3.63, 3.8) is 0 Å². The number of halogens is 2. The SMILES string of the molecule is Cc1cc(C)cc(N(CC(=O)N(Cc2ccc(Cl)c(Cl)c2)C(C)C(=O)NC(C)C)S(C)(=O)=O)c1. The summed E-state index contributed by atoms with van der Waals surface area (Å²) >= 11 is 12.2. The van der Waals surface area contributed by atoms with Crippen LogP contribution < -0.4 is 9.62 Å². The average Bonchev–Trinajstić information content (AvgIpc) is 2.70. The Morgan fingerprint density at radius 2 is 1.56 bits per heavy atom. The first-order chi connectivity index (χ1) is 15.7. The summed E-state index contributed by atoms with van der Waals surface area (Å²) in [6, 6.07) is 9.29. The van der Waals surface area contributed by atoms with Crippen molar-refractivity contribution in [3.8, 4) is 0 Å². The molecule has 0 aromatic heterocycles. The number of rotatable bonds is 9. The Bertz CT molecular complexity index is 1150. The van der Waals surface area contributed by atoms with Crippen LogP contribution in [-0.4, -0.2) is 50.0 Å². The number of nitrogens with one attached hydrogen (secondary N) is 1. The van der Waals surface area contributed by atoms with E-state index < -0.39 is 28.5 Å². The summed E-state index contributed by atoms with van der Waals surface area (Å²) in [4.78, 5) is 27.6. The zero-order chi connectivity index (χ0) is 25.8. The lowest BCUT2D eigenvalue weighted by atomic mass is 10.1. The highest BCUT2D eigenvalue weighted by Crippen LogP contribution is 2.25. The number of sulfonamides is 1. The second-order valence-corrected chi connectivity index (χ2v) is 11.4. The van der Waals surface area contributed by atoms with Crippen molar-refractivity contribution in [2.45, 2.75) is 53.2 Å². The van der Waals surface area contributed by atoms with E-state index in [0.29, 0.717) is 21.3 Å². The smallest absolute Gasteiger partial charge is 0.244 e. The van der Waals surface area contributed by atoms with Gasteiger partial charge in [-0.05, 0) is 75.6 Å². The lowest BCUT2D eigenvalue weighted by molar-refractivity contribution is -0.139. The van der Waals surface area contributed by atoms with Crippen molar-refractivity contribution in [1.82, 2.24) is 10.2 Å². The Labute approximate surface area is 212 Å². The number of hydrogen-bond acceptors (Lipinski definition) is 4. The molecule has 0 radical (unpaired) electrons. The van der Waals surface area contributed by atoms with Crippen LogP contribution in [0.1, 0.15) is 37.5 Å². The number of benzene rings is 2. The third-order valence-electron chi connectivity index (χ3n) is 5.11. The quantitative estimate of drug-likeness (QED) is 0.526. The minimum atomic E-state index is -3.78. The third kappa shape index (κ3) is 7.61. The molecule has 0 saturated carbocycles. The Hall–Kier alpha value is -2.29. The maximum Gasteiger partial charge on any atom is 0.244 e. The van der Waals surface area contributed by atoms with Gasteiger partial charge in [0.25, 0.3) is 0 Å². The first kappa shape index (κ1) is 28.0. The largest absolute Gasteiger partial charge is 0.352 e. The Balaban J connectivity index is 2.44. The van der Waals surface area contributed by atoms with Crippen LogP contribution >= 0.6 is 23.2 Å². The molecule has 1 unspecified atom stereocenters. The van der Waals surface area contributed by atoms with Crippen molar-refractivity contribution in [3.05, 3.63) is 63.1 Å². The van der Waals surface area contributed by atoms with E-state index in [4.69, 9.17) is 23.2 Å². The molecule has 0 aliphatic heterocycles. The van der Waals surface area contributed by atoms with Crippen LogP contribution in [0.3, 0.4) is 0 Å². The van der Waals surface area contributed by atoms with E-state index in [1.54, 1.807) is 37.3 Å². The van der Waals surface area contributed by atoms with Crippen LogP contribution in [0.4, 0.5) is 5.69 Å². The van der Waals surface area contributed by atoms with Gasteiger partial charge in [0.15, 0.2) is 0 Å². The molecule has 0 heterocycles. The molecule has 2 aromatic carbocycles. The van der Waals surface area contributed by atoms with E-state index in [1.807, 2.05) is 33.8 Å². The van der Waals surface area contributed by atoms with Gasteiger partial charge < -0.3 is 10.2 Å². The third-order valence-corrected chi connectivity index (χ3v) is 6.99. The number of hydrogen-bond donors (Lipinski definition) is 1. The Morgan fingerprint density at radius 3 is 2.06 bits per heavy atom. The van der Waals surface area contributed by atoms with Gasteiger partial charge in [-0.15, -0.1) is 0 Å². The summed E-state index contributed by atoms with van der Waals surface area (Å²) in [6.45, 7) is 8.55. The Kier molecular flexibility index (Phi) is 9.39. The number of aryl methyl sites for hydroxylation is 2. The molecule has 7 nitrogen and oxygen atoms in total. The van der Waals surface area contributed by atoms with Gasteiger partial charge in [0.1, 0.15) is 12.6 Å². The first-order valence-electron chi connectivity index (χ1n) is 10.8. The van der Waals surface area contributed by atoms with Gasteiger partial charge in [0.2, 0.25) is 21.8 Å². The second kappa shape index (κ2) is 11.4. The number of carbonyl (C=O) groups is 2. The molecule has 1 N–H and O–H groups in total. The summed E-state index contributed by atoms with van der Waals surface area (Å²) in [7, 11) is -3.78. The van der Waals surface area contributed by atoms with E-state index >= 15 is 0 Å². The highest BCUT2D eigenvalue weighted by molar-refractivity contribution is 7.92. The van der Waals surface area contributed by atoms with E-state index in [0.717, 1.165) is 21.7 Å². The molecule has 186 valence electrons. The van der Waals surface area contributed by atoms with Gasteiger partial charge in [-0.1, -0.05) is 35.3 Å². The van der Waals surface area contributed by atoms with Crippen molar-refractivity contribution in [2.24, 2.45) is 0 Å². The lowest BCUT2D eigenvalue weighted by Gasteiger charge is -2.32. The van der Waals surface area contributed by atoms with Gasteiger partial charge in [0, 0.05) is 12.6 Å². The molecular formula is C24H31Cl2N3O4S. The van der Waals surface area contributed by atoms with Crippen LogP contribution in [0.25, 0.3) is 0 Å². The van der Waals surface area contributed by atoms with Crippen molar-refractivity contribution in [1.29, 1.82) is 0 Å². The second-order valence-electron chi connectivity index (χ2n) is 8.72. The molecule has 2 aromatic rings. The molecule has 0 aliphatic carbocycles. The molecule has 1 atom stereocenters. The predicted octanol–water partition coefficient (Wildman–Crippen LogP) is 4.32. The minimum absolute atomic E-state index is 0.0485. The van der Waals surface area contributed by atoms with Crippen LogP contribution in [0.5, 0.6) is 0 Å². The first-order valence-corrected chi connectivity index (χ1v) is 13.4. The number of anilines is 1. The summed E-state index contributed by atoms with van der Waals surface area (Å²) in [5.74, 6) is -0.872. The van der Waals surface area contributed by atoms with E-state index in [1.165, 1.54) is 4.90 Å². The number of nitrogens with zero attached hydrogens (tertiary/aromatic N) is 2. The van der Waals surface area contributed by atoms with Crippen molar-refractivity contribution in [2.75, 3.05) is 17.1 Å². The summed E-state index contributed by atoms with van der Waals surface area (Å²) in [6.07, 6.45) is 1.05. The fourth-order valence-corrected chi connectivity index (χ4v) is 4.68. The lowest BCUT2D eigenvalue weighted by Crippen LogP contribution is -2.52. The van der Waals surface area contributed by atoms with Crippen LogP contribution in [0.15, 0.2) is 36.4 Å². The summed E-state index contributed by atoms with van der Waals surface area (Å²) < 4.78 is 26.4. The molecule has 34 heavy (non-hydrogen) atoms. The van der Waals surface area contributed by atoms with Crippen LogP contribution in [0, 0.1) is 13.8 Å². The predicted molar refractivity (Wildman–Crippen MR) is 138 cm³/mol. The molecule has 0 fully saturated rings. The van der Waals surface area contributed by atoms with Crippen LogP contribution in [-0.2, 0) is 26.2 Å². The molecule has 0 aliphatic rings. The van der Waals surface area contributed by atoms with Crippen molar-refractivity contribution < 1.29 is 18.0 Å². The van der Waals surface area contributed by atoms with Gasteiger partial charge in [-0.3, -0.25) is 13.9 Å². The zero-order valence-corrected chi connectivity index (χ0v) is 22.6. The molecule has 10 heteroatoms. The van der Waals surface area contributed by atoms with Gasteiger partial charge >= 0.3 is 0 Å². The summed E-state index contributed by atoms with van der Waals surface area (Å²) in [5.41, 5.74) is 2.79. The highest BCUT2D eigenvalue weighted by Gasteiger charge is 2.30. The van der Waals surface area contributed by atoms with E-state index in [2.05, 4.69) is 5.32 Å². The van der Waals surface area contributed by atoms with E-state index in [-0.39, 0.29) is 18.5 Å². The monoisotopic (exact) mass is 527 g/mol.